The van der Waals surface area contributed by atoms with Gasteiger partial charge in [0.1, 0.15) is 13.1 Å². The number of carbonyl (C=O) groups is 2. The highest BCUT2D eigenvalue weighted by atomic mass is 35.5. The SMILES string of the molecule is CC[n+]1c(CNC(=O)c2nc(Cl)c(N)nc2N)n(CCOCCO)c2cccc(OCC(=O)NC3CCNCC3)c21. The number of ether oxygens (including phenoxy) is 2. The number of nitrogen functional groups attached to an aromatic ring is 2. The molecule has 41 heavy (non-hydrogen) atoms. The van der Waals surface area contributed by atoms with Crippen LogP contribution in [0.4, 0.5) is 11.6 Å². The van der Waals surface area contributed by atoms with Crippen molar-refractivity contribution in [2.24, 2.45) is 0 Å². The molecule has 1 saturated heterocycles. The predicted octanol–water partition coefficient (Wildman–Crippen LogP) is -0.258. The molecule has 3 aromatic rings. The van der Waals surface area contributed by atoms with Crippen molar-refractivity contribution in [1.82, 2.24) is 30.5 Å². The summed E-state index contributed by atoms with van der Waals surface area (Å²) in [6, 6.07) is 5.73. The zero-order chi connectivity index (χ0) is 29.4. The fraction of sp³-hybridized carbons (Fsp3) is 0.500. The molecule has 1 fully saturated rings. The maximum absolute atomic E-state index is 13.0. The topological polar surface area (TPSA) is 196 Å². The number of amides is 2. The molecular formula is C26H37ClN9O5+. The number of carbonyl (C=O) groups excluding carboxylic acids is 2. The number of hydrogen-bond acceptors (Lipinski definition) is 10. The third-order valence-electron chi connectivity index (χ3n) is 6.76. The number of aromatic nitrogens is 4. The van der Waals surface area contributed by atoms with E-state index in [1.165, 1.54) is 0 Å². The molecular weight excluding hydrogens is 554 g/mol. The molecule has 0 unspecified atom stereocenters. The van der Waals surface area contributed by atoms with Gasteiger partial charge in [0.25, 0.3) is 17.6 Å². The number of benzene rings is 1. The molecule has 15 heteroatoms. The van der Waals surface area contributed by atoms with Gasteiger partial charge in [0, 0.05) is 6.04 Å². The van der Waals surface area contributed by atoms with Crippen LogP contribution < -0.4 is 36.7 Å². The number of aliphatic hydroxyl groups excluding tert-OH is 1. The number of nitrogens with zero attached hydrogens (tertiary/aromatic N) is 4. The molecule has 14 nitrogen and oxygen atoms in total. The molecule has 0 aliphatic carbocycles. The van der Waals surface area contributed by atoms with Crippen LogP contribution in [0.2, 0.25) is 5.15 Å². The Morgan fingerprint density at radius 1 is 1.22 bits per heavy atom. The molecule has 0 spiro atoms. The first-order chi connectivity index (χ1) is 19.8. The molecule has 8 N–H and O–H groups in total. The smallest absolute Gasteiger partial charge is 0.277 e. The van der Waals surface area contributed by atoms with Crippen LogP contribution in [0.25, 0.3) is 11.0 Å². The summed E-state index contributed by atoms with van der Waals surface area (Å²) >= 11 is 5.96. The van der Waals surface area contributed by atoms with Crippen LogP contribution >= 0.6 is 11.6 Å². The van der Waals surface area contributed by atoms with E-state index >= 15 is 0 Å². The van der Waals surface area contributed by atoms with Crippen LogP contribution in [0.3, 0.4) is 0 Å². The van der Waals surface area contributed by atoms with E-state index in [1.54, 1.807) is 0 Å². The maximum atomic E-state index is 13.0. The van der Waals surface area contributed by atoms with Crippen molar-refractivity contribution in [3.05, 3.63) is 34.9 Å². The van der Waals surface area contributed by atoms with Crippen LogP contribution in [0.1, 0.15) is 36.1 Å². The van der Waals surface area contributed by atoms with Crippen LogP contribution in [-0.4, -0.2) is 77.0 Å². The summed E-state index contributed by atoms with van der Waals surface area (Å²) in [5.74, 6) is 0.328. The van der Waals surface area contributed by atoms with Gasteiger partial charge < -0.3 is 42.0 Å². The van der Waals surface area contributed by atoms with Crippen molar-refractivity contribution >= 4 is 46.1 Å². The average molecular weight is 591 g/mol. The Hall–Kier alpha value is -3.72. The number of hydrogen-bond donors (Lipinski definition) is 6. The molecule has 2 aromatic heterocycles. The summed E-state index contributed by atoms with van der Waals surface area (Å²) in [6.07, 6.45) is 1.76. The lowest BCUT2D eigenvalue weighted by molar-refractivity contribution is -0.676. The Balaban J connectivity index is 1.60. The van der Waals surface area contributed by atoms with Crippen molar-refractivity contribution in [2.75, 3.05) is 51.0 Å². The first kappa shape index (κ1) is 30.2. The molecule has 3 heterocycles. The first-order valence-electron chi connectivity index (χ1n) is 13.6. The Labute approximate surface area is 242 Å². The lowest BCUT2D eigenvalue weighted by Crippen LogP contribution is -2.44. The molecule has 0 bridgehead atoms. The van der Waals surface area contributed by atoms with Gasteiger partial charge in [-0.15, -0.1) is 0 Å². The lowest BCUT2D eigenvalue weighted by Gasteiger charge is -2.23. The number of halogens is 1. The highest BCUT2D eigenvalue weighted by Gasteiger charge is 2.28. The lowest BCUT2D eigenvalue weighted by atomic mass is 10.1. The second kappa shape index (κ2) is 14.3. The number of aliphatic hydroxyl groups is 1. The number of para-hydroxylation sites is 1. The Morgan fingerprint density at radius 3 is 2.73 bits per heavy atom. The number of fused-ring (bicyclic) bond motifs is 1. The fourth-order valence-corrected chi connectivity index (χ4v) is 4.99. The number of imidazole rings is 1. The number of anilines is 2. The van der Waals surface area contributed by atoms with Crippen molar-refractivity contribution < 1.29 is 28.7 Å². The fourth-order valence-electron chi connectivity index (χ4n) is 4.86. The van der Waals surface area contributed by atoms with E-state index in [1.807, 2.05) is 34.3 Å². The average Bonchev–Trinajstić information content (AvgIpc) is 3.28. The molecule has 4 rings (SSSR count). The van der Waals surface area contributed by atoms with Crippen LogP contribution in [0.5, 0.6) is 5.75 Å². The summed E-state index contributed by atoms with van der Waals surface area (Å²) < 4.78 is 15.6. The molecule has 0 radical (unpaired) electrons. The largest absolute Gasteiger partial charge is 0.479 e. The van der Waals surface area contributed by atoms with Crippen LogP contribution in [0, 0.1) is 0 Å². The van der Waals surface area contributed by atoms with E-state index < -0.39 is 5.91 Å². The normalized spacial score (nSPS) is 13.8. The third-order valence-corrected chi connectivity index (χ3v) is 7.04. The third kappa shape index (κ3) is 7.33. The molecule has 0 atom stereocenters. The van der Waals surface area contributed by atoms with Crippen LogP contribution in [-0.2, 0) is 29.2 Å². The van der Waals surface area contributed by atoms with E-state index in [9.17, 15) is 9.59 Å². The molecule has 1 aliphatic rings. The van der Waals surface area contributed by atoms with E-state index in [2.05, 4.69) is 25.9 Å². The zero-order valence-corrected chi connectivity index (χ0v) is 23.7. The second-order valence-electron chi connectivity index (χ2n) is 9.47. The summed E-state index contributed by atoms with van der Waals surface area (Å²) in [7, 11) is 0. The Bertz CT molecular complexity index is 1380. The maximum Gasteiger partial charge on any atom is 0.277 e. The number of nitrogens with one attached hydrogen (secondary N) is 3. The minimum atomic E-state index is -0.570. The second-order valence-corrected chi connectivity index (χ2v) is 9.83. The summed E-state index contributed by atoms with van der Waals surface area (Å²) in [5, 5.41) is 18.2. The van der Waals surface area contributed by atoms with E-state index in [0.717, 1.165) is 42.8 Å². The van der Waals surface area contributed by atoms with E-state index in [0.29, 0.717) is 25.4 Å². The monoisotopic (exact) mass is 590 g/mol. The number of nitrogens with two attached hydrogens (primary N) is 2. The minimum Gasteiger partial charge on any atom is -0.479 e. The molecule has 0 saturated carbocycles. The van der Waals surface area contributed by atoms with Crippen molar-refractivity contribution in [1.29, 1.82) is 0 Å². The molecule has 222 valence electrons. The summed E-state index contributed by atoms with van der Waals surface area (Å²) in [4.78, 5) is 33.5. The van der Waals surface area contributed by atoms with Gasteiger partial charge in [-0.25, -0.2) is 19.1 Å². The number of piperidine rings is 1. The molecule has 1 aliphatic heterocycles. The Morgan fingerprint density at radius 2 is 2.00 bits per heavy atom. The van der Waals surface area contributed by atoms with Gasteiger partial charge in [-0.05, 0) is 45.0 Å². The summed E-state index contributed by atoms with van der Waals surface area (Å²) in [6.45, 7) is 5.12. The van der Waals surface area contributed by atoms with Crippen LogP contribution in [0.15, 0.2) is 18.2 Å². The highest BCUT2D eigenvalue weighted by molar-refractivity contribution is 6.31. The number of aryl methyl sites for hydroxylation is 1. The Kier molecular flexibility index (Phi) is 10.5. The zero-order valence-electron chi connectivity index (χ0n) is 23.0. The standard InChI is InChI=1S/C26H36ClN9O5/c1-2-35-20(14-31-26(39)21-24(28)34-25(29)23(27)33-21)36(10-12-40-13-11-37)17-4-3-5-18(22(17)35)41-15-19(38)32-16-6-8-30-9-7-16/h3-5,16,30,37H,2,6-15H2,1H3,(H5-,28,29,31,32,34,38,39)/p+1. The van der Waals surface area contributed by atoms with Gasteiger partial charge in [-0.1, -0.05) is 17.7 Å². The van der Waals surface area contributed by atoms with Gasteiger partial charge in [-0.2, -0.15) is 0 Å². The van der Waals surface area contributed by atoms with Crippen molar-refractivity contribution in [2.45, 2.75) is 45.4 Å². The molecule has 1 aromatic carbocycles. The molecule has 2 amide bonds. The van der Waals surface area contributed by atoms with Crippen molar-refractivity contribution in [3.63, 3.8) is 0 Å². The van der Waals surface area contributed by atoms with E-state index in [4.69, 9.17) is 37.6 Å². The van der Waals surface area contributed by atoms with Gasteiger partial charge >= 0.3 is 0 Å². The van der Waals surface area contributed by atoms with Crippen molar-refractivity contribution in [3.8, 4) is 5.75 Å². The number of rotatable bonds is 13. The van der Waals surface area contributed by atoms with Gasteiger partial charge in [0.2, 0.25) is 5.52 Å². The van der Waals surface area contributed by atoms with Gasteiger partial charge in [0.05, 0.1) is 26.4 Å². The highest BCUT2D eigenvalue weighted by Crippen LogP contribution is 2.26. The predicted molar refractivity (Wildman–Crippen MR) is 152 cm³/mol. The van der Waals surface area contributed by atoms with Gasteiger partial charge in [0.15, 0.2) is 40.4 Å². The minimum absolute atomic E-state index is 0.0653. The van der Waals surface area contributed by atoms with E-state index in [-0.39, 0.29) is 60.8 Å². The quantitative estimate of drug-likeness (QED) is 0.114. The van der Waals surface area contributed by atoms with Gasteiger partial charge in [-0.3, -0.25) is 9.59 Å². The first-order valence-corrected chi connectivity index (χ1v) is 13.9. The summed E-state index contributed by atoms with van der Waals surface area (Å²) in [5.41, 5.74) is 13.0.